The van der Waals surface area contributed by atoms with Crippen molar-refractivity contribution in [3.63, 3.8) is 0 Å². The van der Waals surface area contributed by atoms with Crippen molar-refractivity contribution in [2.75, 3.05) is 19.6 Å². The minimum absolute atomic E-state index is 0.190. The fraction of sp³-hybridized carbons (Fsp3) is 0.619. The van der Waals surface area contributed by atoms with Crippen LogP contribution in [-0.4, -0.2) is 55.5 Å². The van der Waals surface area contributed by atoms with E-state index in [1.165, 1.54) is 18.4 Å². The Labute approximate surface area is 177 Å². The highest BCUT2D eigenvalue weighted by Crippen LogP contribution is 2.26. The third-order valence-electron chi connectivity index (χ3n) is 6.17. The summed E-state index contributed by atoms with van der Waals surface area (Å²) in [4.78, 5) is 17.0. The van der Waals surface area contributed by atoms with Crippen LogP contribution in [0.1, 0.15) is 49.6 Å². The average Bonchev–Trinajstić information content (AvgIpc) is 3.16. The summed E-state index contributed by atoms with van der Waals surface area (Å²) in [5.41, 5.74) is 2.35. The first kappa shape index (κ1) is 20.3. The molecule has 4 rings (SSSR count). The predicted molar refractivity (Wildman–Crippen MR) is 111 cm³/mol. The SMILES string of the molecule is CC1CCN(Cc2nnnn2CCCC(=O)N2CCc3c(Cl)cccc3C2)CC1. The van der Waals surface area contributed by atoms with E-state index in [1.54, 1.807) is 0 Å². The molecule has 2 aliphatic heterocycles. The molecule has 0 unspecified atom stereocenters. The summed E-state index contributed by atoms with van der Waals surface area (Å²) in [5.74, 6) is 1.90. The summed E-state index contributed by atoms with van der Waals surface area (Å²) in [6, 6.07) is 5.94. The van der Waals surface area contributed by atoms with Crippen molar-refractivity contribution in [2.45, 2.75) is 58.7 Å². The van der Waals surface area contributed by atoms with Crippen LogP contribution in [-0.2, 0) is 30.8 Å². The first-order chi connectivity index (χ1) is 14.1. The van der Waals surface area contributed by atoms with Crippen LogP contribution in [0.15, 0.2) is 18.2 Å². The Bertz CT molecular complexity index is 845. The van der Waals surface area contributed by atoms with Gasteiger partial charge in [-0.1, -0.05) is 30.7 Å². The third-order valence-corrected chi connectivity index (χ3v) is 6.52. The Morgan fingerprint density at radius 3 is 2.90 bits per heavy atom. The van der Waals surface area contributed by atoms with Gasteiger partial charge in [0.1, 0.15) is 0 Å². The Kier molecular flexibility index (Phi) is 6.45. The van der Waals surface area contributed by atoms with Crippen LogP contribution in [0.5, 0.6) is 0 Å². The summed E-state index contributed by atoms with van der Waals surface area (Å²) >= 11 is 6.27. The van der Waals surface area contributed by atoms with Crippen molar-refractivity contribution in [3.05, 3.63) is 40.2 Å². The lowest BCUT2D eigenvalue weighted by atomic mass is 9.99. The second kappa shape index (κ2) is 9.22. The average molecular weight is 417 g/mol. The molecule has 0 N–H and O–H groups in total. The molecule has 0 aliphatic carbocycles. The number of aromatic nitrogens is 4. The normalized spacial score (nSPS) is 18.1. The van der Waals surface area contributed by atoms with Crippen LogP contribution in [0.4, 0.5) is 0 Å². The number of aryl methyl sites for hydroxylation is 1. The molecule has 0 radical (unpaired) electrons. The number of piperidine rings is 1. The summed E-state index contributed by atoms with van der Waals surface area (Å²) in [6.45, 7) is 7.37. The molecule has 0 bridgehead atoms. The molecule has 7 nitrogen and oxygen atoms in total. The second-order valence-corrected chi connectivity index (χ2v) is 8.73. The number of hydrogen-bond acceptors (Lipinski definition) is 5. The smallest absolute Gasteiger partial charge is 0.222 e. The first-order valence-corrected chi connectivity index (χ1v) is 11.0. The maximum atomic E-state index is 12.7. The van der Waals surface area contributed by atoms with Gasteiger partial charge in [0.25, 0.3) is 0 Å². The zero-order chi connectivity index (χ0) is 20.2. The number of fused-ring (bicyclic) bond motifs is 1. The number of likely N-dealkylation sites (tertiary alicyclic amines) is 1. The molecule has 2 aromatic rings. The Balaban J connectivity index is 1.26. The Morgan fingerprint density at radius 2 is 2.07 bits per heavy atom. The van der Waals surface area contributed by atoms with Crippen molar-refractivity contribution in [1.82, 2.24) is 30.0 Å². The van der Waals surface area contributed by atoms with E-state index in [1.807, 2.05) is 21.7 Å². The van der Waals surface area contributed by atoms with Gasteiger partial charge >= 0.3 is 0 Å². The van der Waals surface area contributed by atoms with Crippen molar-refractivity contribution in [2.24, 2.45) is 5.92 Å². The lowest BCUT2D eigenvalue weighted by Crippen LogP contribution is -2.36. The fourth-order valence-electron chi connectivity index (χ4n) is 4.24. The lowest BCUT2D eigenvalue weighted by Gasteiger charge is -2.30. The standard InChI is InChI=1S/C21H29ClN6O/c1-16-7-11-26(12-8-16)15-20-23-24-25-28(20)10-3-6-21(29)27-13-9-18-17(14-27)4-2-5-19(18)22/h2,4-5,16H,3,6-15H2,1H3. The number of carbonyl (C=O) groups is 1. The number of nitrogens with zero attached hydrogens (tertiary/aromatic N) is 6. The van der Waals surface area contributed by atoms with E-state index in [0.29, 0.717) is 19.5 Å². The van der Waals surface area contributed by atoms with Gasteiger partial charge in [0.2, 0.25) is 5.91 Å². The monoisotopic (exact) mass is 416 g/mol. The molecule has 8 heteroatoms. The van der Waals surface area contributed by atoms with Gasteiger partial charge in [0, 0.05) is 31.1 Å². The molecule has 1 aromatic carbocycles. The van der Waals surface area contributed by atoms with Crippen LogP contribution in [0.2, 0.25) is 5.02 Å². The second-order valence-electron chi connectivity index (χ2n) is 8.32. The summed E-state index contributed by atoms with van der Waals surface area (Å²) in [5, 5.41) is 13.0. The summed E-state index contributed by atoms with van der Waals surface area (Å²) in [6.07, 6.45) is 4.55. The minimum Gasteiger partial charge on any atom is -0.338 e. The van der Waals surface area contributed by atoms with Crippen molar-refractivity contribution in [3.8, 4) is 0 Å². The number of halogens is 1. The lowest BCUT2D eigenvalue weighted by molar-refractivity contribution is -0.132. The Morgan fingerprint density at radius 1 is 1.24 bits per heavy atom. The summed E-state index contributed by atoms with van der Waals surface area (Å²) in [7, 11) is 0. The molecule has 1 amide bonds. The van der Waals surface area contributed by atoms with Gasteiger partial charge in [-0.25, -0.2) is 4.68 Å². The van der Waals surface area contributed by atoms with Crippen molar-refractivity contribution in [1.29, 1.82) is 0 Å². The van der Waals surface area contributed by atoms with E-state index < -0.39 is 0 Å². The number of carbonyl (C=O) groups excluding carboxylic acids is 1. The molecule has 156 valence electrons. The number of tetrazole rings is 1. The van der Waals surface area contributed by atoms with Gasteiger partial charge in [0.05, 0.1) is 6.54 Å². The third kappa shape index (κ3) is 4.95. The maximum Gasteiger partial charge on any atom is 0.222 e. The maximum absolute atomic E-state index is 12.7. The van der Waals surface area contributed by atoms with Crippen molar-refractivity contribution >= 4 is 17.5 Å². The van der Waals surface area contributed by atoms with Crippen LogP contribution in [0, 0.1) is 5.92 Å². The predicted octanol–water partition coefficient (Wildman–Crippen LogP) is 2.92. The van der Waals surface area contributed by atoms with Gasteiger partial charge < -0.3 is 4.90 Å². The molecule has 0 saturated carbocycles. The molecule has 0 spiro atoms. The highest BCUT2D eigenvalue weighted by atomic mass is 35.5. The molecule has 1 fully saturated rings. The van der Waals surface area contributed by atoms with Gasteiger partial charge in [-0.05, 0) is 72.3 Å². The minimum atomic E-state index is 0.190. The molecule has 29 heavy (non-hydrogen) atoms. The molecule has 0 atom stereocenters. The molecular formula is C21H29ClN6O. The van der Waals surface area contributed by atoms with E-state index in [0.717, 1.165) is 61.3 Å². The van der Waals surface area contributed by atoms with Crippen LogP contribution >= 0.6 is 11.6 Å². The van der Waals surface area contributed by atoms with Crippen LogP contribution < -0.4 is 0 Å². The molecular weight excluding hydrogens is 388 g/mol. The van der Waals surface area contributed by atoms with E-state index in [9.17, 15) is 4.79 Å². The highest BCUT2D eigenvalue weighted by Gasteiger charge is 2.22. The van der Waals surface area contributed by atoms with E-state index in [-0.39, 0.29) is 5.91 Å². The molecule has 3 heterocycles. The van der Waals surface area contributed by atoms with Crippen LogP contribution in [0.3, 0.4) is 0 Å². The molecule has 1 saturated heterocycles. The number of hydrogen-bond donors (Lipinski definition) is 0. The van der Waals surface area contributed by atoms with Gasteiger partial charge in [-0.3, -0.25) is 9.69 Å². The largest absolute Gasteiger partial charge is 0.338 e. The zero-order valence-corrected chi connectivity index (χ0v) is 17.8. The number of amides is 1. The number of benzene rings is 1. The Hall–Kier alpha value is -1.99. The zero-order valence-electron chi connectivity index (χ0n) is 17.1. The van der Waals surface area contributed by atoms with Crippen LogP contribution in [0.25, 0.3) is 0 Å². The van der Waals surface area contributed by atoms with Gasteiger partial charge in [-0.2, -0.15) is 0 Å². The van der Waals surface area contributed by atoms with Gasteiger partial charge in [-0.15, -0.1) is 5.10 Å². The van der Waals surface area contributed by atoms with E-state index in [2.05, 4.69) is 33.4 Å². The van der Waals surface area contributed by atoms with E-state index >= 15 is 0 Å². The number of rotatable bonds is 6. The van der Waals surface area contributed by atoms with E-state index in [4.69, 9.17) is 11.6 Å². The molecule has 1 aromatic heterocycles. The van der Waals surface area contributed by atoms with Gasteiger partial charge in [0.15, 0.2) is 5.82 Å². The highest BCUT2D eigenvalue weighted by molar-refractivity contribution is 6.31. The summed E-state index contributed by atoms with van der Waals surface area (Å²) < 4.78 is 1.86. The van der Waals surface area contributed by atoms with Crippen molar-refractivity contribution < 1.29 is 4.79 Å². The topological polar surface area (TPSA) is 67.2 Å². The molecule has 2 aliphatic rings. The quantitative estimate of drug-likeness (QED) is 0.724. The fourth-order valence-corrected chi connectivity index (χ4v) is 4.53. The first-order valence-electron chi connectivity index (χ1n) is 10.6.